The minimum atomic E-state index is -3.17. The third-order valence-electron chi connectivity index (χ3n) is 5.97. The minimum absolute atomic E-state index is 0.216. The Hall–Kier alpha value is -1.96. The van der Waals surface area contributed by atoms with E-state index < -0.39 is 41.6 Å². The summed E-state index contributed by atoms with van der Waals surface area (Å²) in [6.07, 6.45) is 5.72. The van der Waals surface area contributed by atoms with Gasteiger partial charge in [0.25, 0.3) is 0 Å². The van der Waals surface area contributed by atoms with Crippen LogP contribution in [-0.2, 0) is 19.2 Å². The Morgan fingerprint density at radius 1 is 0.821 bits per heavy atom. The van der Waals surface area contributed by atoms with Gasteiger partial charge in [0, 0.05) is 6.42 Å². The van der Waals surface area contributed by atoms with Gasteiger partial charge < -0.3 is 20.4 Å². The smallest absolute Gasteiger partial charge is 0.337 e. The molecule has 0 aromatic heterocycles. The van der Waals surface area contributed by atoms with E-state index in [4.69, 9.17) is 10.2 Å². The molecule has 0 amide bonds. The predicted octanol–water partition coefficient (Wildman–Crippen LogP) is 3.10. The molecule has 0 aliphatic heterocycles. The molecule has 8 heteroatoms. The topological polar surface area (TPSA) is 149 Å². The first-order valence-corrected chi connectivity index (χ1v) is 9.92. The lowest BCUT2D eigenvalue weighted by Gasteiger charge is -2.30. The van der Waals surface area contributed by atoms with Crippen molar-refractivity contribution in [3.8, 4) is 0 Å². The van der Waals surface area contributed by atoms with Crippen LogP contribution in [0.2, 0.25) is 0 Å². The van der Waals surface area contributed by atoms with Crippen LogP contribution in [0.4, 0.5) is 0 Å². The lowest BCUT2D eigenvalue weighted by molar-refractivity contribution is -0.181. The van der Waals surface area contributed by atoms with Crippen molar-refractivity contribution in [2.75, 3.05) is 0 Å². The largest absolute Gasteiger partial charge is 0.481 e. The van der Waals surface area contributed by atoms with Crippen molar-refractivity contribution in [2.45, 2.75) is 90.6 Å². The number of carbonyl (C=O) groups is 4. The Labute approximate surface area is 165 Å². The van der Waals surface area contributed by atoms with Crippen LogP contribution >= 0.6 is 0 Å². The number of rotatable bonds is 16. The number of hydrogen-bond donors (Lipinski definition) is 4. The molecule has 8 nitrogen and oxygen atoms in total. The molecule has 0 aromatic carbocycles. The highest BCUT2D eigenvalue weighted by molar-refractivity contribution is 6.05. The molecule has 0 spiro atoms. The second-order valence-electron chi connectivity index (χ2n) is 7.51. The first kappa shape index (κ1) is 26.0. The Morgan fingerprint density at radius 3 is 1.71 bits per heavy atom. The quantitative estimate of drug-likeness (QED) is 0.227. The molecule has 0 rings (SSSR count). The lowest BCUT2D eigenvalue weighted by atomic mass is 9.75. The van der Waals surface area contributed by atoms with E-state index in [-0.39, 0.29) is 6.42 Å². The van der Waals surface area contributed by atoms with E-state index in [0.717, 1.165) is 38.5 Å². The van der Waals surface area contributed by atoms with Gasteiger partial charge in [0.1, 0.15) is 0 Å². The zero-order valence-corrected chi connectivity index (χ0v) is 17.1. The monoisotopic (exact) mass is 402 g/mol. The predicted molar refractivity (Wildman–Crippen MR) is 102 cm³/mol. The summed E-state index contributed by atoms with van der Waals surface area (Å²) in [6, 6.07) is 0. The van der Waals surface area contributed by atoms with E-state index in [1.54, 1.807) is 0 Å². The highest BCUT2D eigenvalue weighted by atomic mass is 16.4. The van der Waals surface area contributed by atoms with Gasteiger partial charge in [0.05, 0.1) is 6.42 Å². The van der Waals surface area contributed by atoms with E-state index in [9.17, 15) is 29.4 Å². The SMILES string of the molecule is CCC(CC)(CC)CCCCCCC(=O)C(C(=O)O)C(O)(CC(=O)O)C(=O)O. The van der Waals surface area contributed by atoms with Crippen molar-refractivity contribution < 1.29 is 39.6 Å². The third kappa shape index (κ3) is 7.22. The van der Waals surface area contributed by atoms with Gasteiger partial charge in [-0.3, -0.25) is 14.4 Å². The molecule has 0 aliphatic carbocycles. The van der Waals surface area contributed by atoms with Gasteiger partial charge in [-0.25, -0.2) is 4.79 Å². The number of aliphatic hydroxyl groups is 1. The molecule has 0 radical (unpaired) electrons. The fraction of sp³-hybridized carbons (Fsp3) is 0.800. The highest BCUT2D eigenvalue weighted by Crippen LogP contribution is 2.36. The Morgan fingerprint density at radius 2 is 1.32 bits per heavy atom. The van der Waals surface area contributed by atoms with Crippen LogP contribution in [0.3, 0.4) is 0 Å². The molecule has 4 N–H and O–H groups in total. The average Bonchev–Trinajstić information content (AvgIpc) is 2.60. The van der Waals surface area contributed by atoms with Crippen molar-refractivity contribution in [3.63, 3.8) is 0 Å². The highest BCUT2D eigenvalue weighted by Gasteiger charge is 2.53. The number of carbonyl (C=O) groups excluding carboxylic acids is 1. The fourth-order valence-electron chi connectivity index (χ4n) is 3.72. The van der Waals surface area contributed by atoms with Crippen LogP contribution in [0.5, 0.6) is 0 Å². The number of carboxylic acid groups (broad SMARTS) is 3. The summed E-state index contributed by atoms with van der Waals surface area (Å²) in [4.78, 5) is 45.7. The number of unbranched alkanes of at least 4 members (excludes halogenated alkanes) is 3. The molecule has 0 aromatic rings. The summed E-state index contributed by atoms with van der Waals surface area (Å²) >= 11 is 0. The summed E-state index contributed by atoms with van der Waals surface area (Å²) in [5, 5.41) is 37.2. The maximum Gasteiger partial charge on any atom is 0.337 e. The van der Waals surface area contributed by atoms with Crippen molar-refractivity contribution in [1.82, 2.24) is 0 Å². The Bertz CT molecular complexity index is 544. The molecule has 0 aliphatic rings. The van der Waals surface area contributed by atoms with E-state index in [0.29, 0.717) is 18.3 Å². The summed E-state index contributed by atoms with van der Waals surface area (Å²) in [6.45, 7) is 6.54. The van der Waals surface area contributed by atoms with Gasteiger partial charge in [-0.15, -0.1) is 0 Å². The molecule has 2 atom stereocenters. The minimum Gasteiger partial charge on any atom is -0.481 e. The van der Waals surface area contributed by atoms with Crippen LogP contribution < -0.4 is 0 Å². The zero-order valence-electron chi connectivity index (χ0n) is 17.1. The number of aliphatic carboxylic acids is 3. The molecular formula is C20H34O8. The van der Waals surface area contributed by atoms with E-state index in [2.05, 4.69) is 20.8 Å². The van der Waals surface area contributed by atoms with E-state index in [1.807, 2.05) is 0 Å². The van der Waals surface area contributed by atoms with Crippen LogP contribution in [0.1, 0.15) is 85.0 Å². The third-order valence-corrected chi connectivity index (χ3v) is 5.97. The Balaban J connectivity index is 4.74. The van der Waals surface area contributed by atoms with E-state index in [1.165, 1.54) is 0 Å². The molecule has 0 saturated carbocycles. The number of carboxylic acids is 3. The molecule has 2 unspecified atom stereocenters. The number of Topliss-reactive ketones (excluding diaryl/α,β-unsaturated/α-hetero) is 1. The van der Waals surface area contributed by atoms with Crippen LogP contribution in [0, 0.1) is 11.3 Å². The molecule has 0 heterocycles. The van der Waals surface area contributed by atoms with Crippen LogP contribution in [-0.4, -0.2) is 49.7 Å². The maximum absolute atomic E-state index is 12.3. The number of ketones is 1. The maximum atomic E-state index is 12.3. The molecule has 0 fully saturated rings. The molecule has 0 saturated heterocycles. The summed E-state index contributed by atoms with van der Waals surface area (Å²) in [5.74, 6) is -8.85. The lowest BCUT2D eigenvalue weighted by Crippen LogP contribution is -2.53. The molecule has 0 bridgehead atoms. The number of hydrogen-bond acceptors (Lipinski definition) is 5. The first-order chi connectivity index (χ1) is 13.0. The van der Waals surface area contributed by atoms with Crippen molar-refractivity contribution in [3.05, 3.63) is 0 Å². The van der Waals surface area contributed by atoms with Crippen LogP contribution in [0.15, 0.2) is 0 Å². The van der Waals surface area contributed by atoms with Gasteiger partial charge in [-0.05, 0) is 18.3 Å². The second-order valence-corrected chi connectivity index (χ2v) is 7.51. The van der Waals surface area contributed by atoms with Gasteiger partial charge in [0.15, 0.2) is 17.3 Å². The molecular weight excluding hydrogens is 368 g/mol. The zero-order chi connectivity index (χ0) is 22.0. The normalized spacial score (nSPS) is 14.9. The van der Waals surface area contributed by atoms with E-state index >= 15 is 0 Å². The molecule has 28 heavy (non-hydrogen) atoms. The molecule has 162 valence electrons. The summed E-state index contributed by atoms with van der Waals surface area (Å²) in [5.41, 5.74) is -2.84. The first-order valence-electron chi connectivity index (χ1n) is 9.92. The van der Waals surface area contributed by atoms with Crippen molar-refractivity contribution in [2.24, 2.45) is 11.3 Å². The van der Waals surface area contributed by atoms with Gasteiger partial charge in [-0.2, -0.15) is 0 Å². The van der Waals surface area contributed by atoms with Gasteiger partial charge >= 0.3 is 17.9 Å². The van der Waals surface area contributed by atoms with Gasteiger partial charge in [0.2, 0.25) is 0 Å². The fourth-order valence-corrected chi connectivity index (χ4v) is 3.72. The second kappa shape index (κ2) is 11.8. The van der Waals surface area contributed by atoms with Crippen molar-refractivity contribution >= 4 is 23.7 Å². The standard InChI is InChI=1S/C20H34O8/c1-4-19(5-2,6-3)12-10-8-7-9-11-14(21)16(17(24)25)20(28,18(26)27)13-15(22)23/h16,28H,4-13H2,1-3H3,(H,22,23)(H,24,25)(H,26,27). The average molecular weight is 402 g/mol. The summed E-state index contributed by atoms with van der Waals surface area (Å²) < 4.78 is 0. The Kier molecular flexibility index (Phi) is 11.0. The summed E-state index contributed by atoms with van der Waals surface area (Å²) in [7, 11) is 0. The van der Waals surface area contributed by atoms with Crippen molar-refractivity contribution in [1.29, 1.82) is 0 Å². The van der Waals surface area contributed by atoms with Gasteiger partial charge in [-0.1, -0.05) is 59.3 Å². The van der Waals surface area contributed by atoms with Crippen LogP contribution in [0.25, 0.3) is 0 Å².